The van der Waals surface area contributed by atoms with Gasteiger partial charge in [-0.1, -0.05) is 93.1 Å². The number of amides is 3. The van der Waals surface area contributed by atoms with Crippen LogP contribution in [0.1, 0.15) is 88.4 Å². The van der Waals surface area contributed by atoms with Gasteiger partial charge >= 0.3 is 28.1 Å². The van der Waals surface area contributed by atoms with E-state index in [1.54, 1.807) is 13.0 Å². The molecule has 12 nitrogen and oxygen atoms in total. The second-order valence-corrected chi connectivity index (χ2v) is 14.9. The Kier molecular flexibility index (Phi) is 14.2. The van der Waals surface area contributed by atoms with E-state index in [1.165, 1.54) is 36.4 Å². The van der Waals surface area contributed by atoms with E-state index in [4.69, 9.17) is 21.1 Å². The van der Waals surface area contributed by atoms with Crippen LogP contribution in [0, 0.1) is 11.8 Å². The van der Waals surface area contributed by atoms with Crippen molar-refractivity contribution in [1.29, 1.82) is 0 Å². The second kappa shape index (κ2) is 18.1. The molecule has 2 aromatic carbocycles. The summed E-state index contributed by atoms with van der Waals surface area (Å²) in [5, 5.41) is 7.56. The standard InChI is InChI=1S/C35H44ClF2N3O9S/c1-2-10-29(42)49-33(51(46,47)48)28(20-24-17-18-39-31(24)43)40-32(44)27(19-22-11-5-3-6-12-22)41-34(45)50-30(23-13-7-4-8-14-23)35(37,38)25-15-9-16-26(36)21-25/h4,7-9,13-16,21-22,24,27-28,30,33H,2-3,5-6,10-12,17-20H2,1H3,(H,39,43)(H,40,44)(H,41,45)(H,46,47,48)/t24-,27-,28-,30-,33?/m0/s1. The number of carbonyl (C=O) groups excluding carboxylic acids is 4. The molecule has 16 heteroatoms. The van der Waals surface area contributed by atoms with Crippen molar-refractivity contribution in [2.45, 2.75) is 101 Å². The van der Waals surface area contributed by atoms with E-state index in [0.29, 0.717) is 19.3 Å². The van der Waals surface area contributed by atoms with Crippen LogP contribution in [-0.2, 0) is 39.9 Å². The van der Waals surface area contributed by atoms with Gasteiger partial charge in [-0.15, -0.1) is 0 Å². The van der Waals surface area contributed by atoms with Gasteiger partial charge in [0, 0.05) is 29.5 Å². The fraction of sp³-hybridized carbons (Fsp3) is 0.543. The maximum absolute atomic E-state index is 16.1. The molecule has 1 saturated carbocycles. The van der Waals surface area contributed by atoms with Crippen LogP contribution in [0.5, 0.6) is 0 Å². The zero-order chi connectivity index (χ0) is 37.2. The Balaban J connectivity index is 1.63. The van der Waals surface area contributed by atoms with Crippen LogP contribution in [0.2, 0.25) is 5.02 Å². The van der Waals surface area contributed by atoms with E-state index in [2.05, 4.69) is 16.0 Å². The molecule has 5 atom stereocenters. The molecule has 0 radical (unpaired) electrons. The van der Waals surface area contributed by atoms with E-state index in [0.717, 1.165) is 31.4 Å². The number of alkyl halides is 2. The first-order valence-corrected chi connectivity index (χ1v) is 19.0. The summed E-state index contributed by atoms with van der Waals surface area (Å²) in [6, 6.07) is 9.25. The molecule has 280 valence electrons. The number of halogens is 3. The van der Waals surface area contributed by atoms with Crippen molar-refractivity contribution in [1.82, 2.24) is 16.0 Å². The molecule has 1 aliphatic heterocycles. The summed E-state index contributed by atoms with van der Waals surface area (Å²) >= 11 is 6.00. The van der Waals surface area contributed by atoms with E-state index < -0.39 is 75.0 Å². The lowest BCUT2D eigenvalue weighted by Crippen LogP contribution is -2.56. The number of hydrogen-bond donors (Lipinski definition) is 4. The second-order valence-electron chi connectivity index (χ2n) is 13.0. The van der Waals surface area contributed by atoms with Gasteiger partial charge in [-0.25, -0.2) is 4.79 Å². The number of hydrogen-bond acceptors (Lipinski definition) is 8. The van der Waals surface area contributed by atoms with Crippen molar-refractivity contribution >= 4 is 45.6 Å². The predicted octanol–water partition coefficient (Wildman–Crippen LogP) is 5.81. The number of nitrogens with one attached hydrogen (secondary N) is 3. The van der Waals surface area contributed by atoms with Gasteiger partial charge in [-0.05, 0) is 49.3 Å². The molecule has 51 heavy (non-hydrogen) atoms. The molecule has 0 bridgehead atoms. The van der Waals surface area contributed by atoms with Gasteiger partial charge in [-0.3, -0.25) is 18.9 Å². The fourth-order valence-corrected chi connectivity index (χ4v) is 7.55. The molecule has 1 unspecified atom stereocenters. The van der Waals surface area contributed by atoms with Crippen molar-refractivity contribution in [2.24, 2.45) is 11.8 Å². The Morgan fingerprint density at radius 2 is 1.71 bits per heavy atom. The zero-order valence-electron chi connectivity index (χ0n) is 28.2. The first kappa shape index (κ1) is 40.0. The molecule has 1 heterocycles. The average molecular weight is 756 g/mol. The summed E-state index contributed by atoms with van der Waals surface area (Å²) < 4.78 is 77.9. The van der Waals surface area contributed by atoms with Crippen molar-refractivity contribution < 1.29 is 50.4 Å². The number of carbonyl (C=O) groups is 4. The molecule has 2 fully saturated rings. The van der Waals surface area contributed by atoms with E-state index in [9.17, 15) is 32.1 Å². The monoisotopic (exact) mass is 755 g/mol. The topological polar surface area (TPSA) is 177 Å². The van der Waals surface area contributed by atoms with Gasteiger partial charge in [0.05, 0.1) is 6.04 Å². The number of alkyl carbamates (subject to hydrolysis) is 1. The van der Waals surface area contributed by atoms with Gasteiger partial charge < -0.3 is 25.4 Å². The SMILES string of the molecule is CCCC(=O)OC([C@H](C[C@@H]1CCNC1=O)NC(=O)[C@H](CC1CCCCC1)NC(=O)O[C@@H](c1ccccc1)C(F)(F)c1cccc(Cl)c1)S(=O)(=O)O. The first-order valence-electron chi connectivity index (χ1n) is 17.1. The van der Waals surface area contributed by atoms with Crippen molar-refractivity contribution in [3.63, 3.8) is 0 Å². The molecule has 2 aromatic rings. The Labute approximate surface area is 301 Å². The van der Waals surface area contributed by atoms with Gasteiger partial charge in [0.1, 0.15) is 6.04 Å². The normalized spacial score (nSPS) is 19.2. The van der Waals surface area contributed by atoms with Crippen LogP contribution in [0.4, 0.5) is 13.6 Å². The lowest BCUT2D eigenvalue weighted by Gasteiger charge is -2.32. The maximum atomic E-state index is 16.1. The van der Waals surface area contributed by atoms with Crippen molar-refractivity contribution in [3.05, 3.63) is 70.7 Å². The summed E-state index contributed by atoms with van der Waals surface area (Å²) in [6.07, 6.45) is 0.753. The quantitative estimate of drug-likeness (QED) is 0.122. The Hall–Kier alpha value is -3.82. The van der Waals surface area contributed by atoms with Crippen LogP contribution in [0.25, 0.3) is 0 Å². The lowest BCUT2D eigenvalue weighted by molar-refractivity contribution is -0.148. The molecule has 3 amide bonds. The highest BCUT2D eigenvalue weighted by atomic mass is 35.5. The molecule has 2 aliphatic rings. The third-order valence-electron chi connectivity index (χ3n) is 9.12. The minimum Gasteiger partial charge on any atom is -0.441 e. The van der Waals surface area contributed by atoms with Crippen LogP contribution in [-0.4, -0.2) is 60.9 Å². The van der Waals surface area contributed by atoms with Crippen molar-refractivity contribution in [3.8, 4) is 0 Å². The summed E-state index contributed by atoms with van der Waals surface area (Å²) in [5.74, 6) is -6.95. The van der Waals surface area contributed by atoms with E-state index >= 15 is 8.78 Å². The molecule has 0 spiro atoms. The number of benzene rings is 2. The zero-order valence-corrected chi connectivity index (χ0v) is 29.8. The van der Waals surface area contributed by atoms with E-state index in [-0.39, 0.29) is 48.7 Å². The van der Waals surface area contributed by atoms with Crippen LogP contribution >= 0.6 is 11.6 Å². The largest absolute Gasteiger partial charge is 0.441 e. The van der Waals surface area contributed by atoms with Gasteiger partial charge in [-0.2, -0.15) is 17.2 Å². The maximum Gasteiger partial charge on any atom is 0.408 e. The highest BCUT2D eigenvalue weighted by Crippen LogP contribution is 2.43. The van der Waals surface area contributed by atoms with Gasteiger partial charge in [0.15, 0.2) is 6.10 Å². The summed E-state index contributed by atoms with van der Waals surface area (Å²) in [6.45, 7) is 1.94. The summed E-state index contributed by atoms with van der Waals surface area (Å²) in [7, 11) is -5.14. The van der Waals surface area contributed by atoms with Crippen LogP contribution in [0.3, 0.4) is 0 Å². The molecule has 4 rings (SSSR count). The number of esters is 1. The van der Waals surface area contributed by atoms with Gasteiger partial charge in [0.2, 0.25) is 17.3 Å². The highest BCUT2D eigenvalue weighted by molar-refractivity contribution is 7.86. The summed E-state index contributed by atoms with van der Waals surface area (Å²) in [5.41, 5.74) is -2.82. The third-order valence-corrected chi connectivity index (χ3v) is 10.4. The molecule has 1 saturated heterocycles. The molecular formula is C35H44ClF2N3O9S. The third kappa shape index (κ3) is 11.3. The summed E-state index contributed by atoms with van der Waals surface area (Å²) in [4.78, 5) is 52.4. The predicted molar refractivity (Wildman–Crippen MR) is 183 cm³/mol. The Morgan fingerprint density at radius 3 is 2.31 bits per heavy atom. The number of rotatable bonds is 16. The van der Waals surface area contributed by atoms with E-state index in [1.807, 2.05) is 0 Å². The number of ether oxygens (including phenoxy) is 2. The van der Waals surface area contributed by atoms with Gasteiger partial charge in [0.25, 0.3) is 0 Å². The Bertz CT molecular complexity index is 1630. The lowest BCUT2D eigenvalue weighted by atomic mass is 9.84. The molecular weight excluding hydrogens is 712 g/mol. The average Bonchev–Trinajstić information content (AvgIpc) is 3.49. The van der Waals surface area contributed by atoms with Crippen LogP contribution in [0.15, 0.2) is 54.6 Å². The molecule has 0 aromatic heterocycles. The van der Waals surface area contributed by atoms with Crippen molar-refractivity contribution in [2.75, 3.05) is 6.54 Å². The minimum absolute atomic E-state index is 0.0364. The minimum atomic E-state index is -5.14. The molecule has 4 N–H and O–H groups in total. The smallest absolute Gasteiger partial charge is 0.408 e. The Morgan fingerprint density at radius 1 is 1.00 bits per heavy atom. The molecule has 1 aliphatic carbocycles. The van der Waals surface area contributed by atoms with Crippen LogP contribution < -0.4 is 16.0 Å². The highest BCUT2D eigenvalue weighted by Gasteiger charge is 2.46. The first-order chi connectivity index (χ1) is 24.2. The fourth-order valence-electron chi connectivity index (χ4n) is 6.54.